The minimum absolute atomic E-state index is 0.258. The van der Waals surface area contributed by atoms with Crippen molar-refractivity contribution in [2.45, 2.75) is 26.3 Å². The van der Waals surface area contributed by atoms with Crippen molar-refractivity contribution in [2.75, 3.05) is 33.9 Å². The third-order valence-electron chi connectivity index (χ3n) is 5.96. The molecule has 0 bridgehead atoms. The highest BCUT2D eigenvalue weighted by Crippen LogP contribution is 2.35. The summed E-state index contributed by atoms with van der Waals surface area (Å²) in [6.07, 6.45) is 2.22. The van der Waals surface area contributed by atoms with Gasteiger partial charge in [-0.15, -0.1) is 0 Å². The molecule has 1 aromatic heterocycles. The van der Waals surface area contributed by atoms with Crippen LogP contribution in [0.5, 0.6) is 11.5 Å². The molecule has 0 spiro atoms. The van der Waals surface area contributed by atoms with Crippen LogP contribution in [0.1, 0.15) is 24.0 Å². The highest BCUT2D eigenvalue weighted by Gasteiger charge is 2.21. The van der Waals surface area contributed by atoms with Crippen LogP contribution in [0.2, 0.25) is 0 Å². The number of pyridine rings is 1. The lowest BCUT2D eigenvalue weighted by molar-refractivity contribution is 0.116. The first kappa shape index (κ1) is 20.6. The van der Waals surface area contributed by atoms with Gasteiger partial charge < -0.3 is 14.6 Å². The number of aliphatic hydroxyl groups excluding tert-OH is 1. The Balaban J connectivity index is 1.79. The van der Waals surface area contributed by atoms with Crippen molar-refractivity contribution in [3.63, 3.8) is 0 Å². The van der Waals surface area contributed by atoms with Gasteiger partial charge in [0.15, 0.2) is 11.5 Å². The van der Waals surface area contributed by atoms with E-state index in [2.05, 4.69) is 36.1 Å². The fraction of sp³-hybridized carbons (Fsp3) is 0.400. The number of aryl methyl sites for hydroxylation is 1. The number of aromatic nitrogens is 1. The zero-order valence-corrected chi connectivity index (χ0v) is 18.0. The maximum atomic E-state index is 9.62. The SMILES string of the molecule is COc1ccc(-c2nc3cc(C)ccc3cc2CN2CCCC(CO)C2)cc1OC. The molecule has 0 radical (unpaired) electrons. The monoisotopic (exact) mass is 406 g/mol. The van der Waals surface area contributed by atoms with Gasteiger partial charge in [-0.1, -0.05) is 12.1 Å². The normalized spacial score (nSPS) is 17.3. The molecule has 0 saturated carbocycles. The fourth-order valence-corrected chi connectivity index (χ4v) is 4.36. The van der Waals surface area contributed by atoms with Crippen LogP contribution >= 0.6 is 0 Å². The van der Waals surface area contributed by atoms with Gasteiger partial charge in [-0.25, -0.2) is 4.98 Å². The Morgan fingerprint density at radius 3 is 2.67 bits per heavy atom. The first-order valence-corrected chi connectivity index (χ1v) is 10.6. The molecule has 1 aliphatic heterocycles. The quantitative estimate of drug-likeness (QED) is 0.656. The number of fused-ring (bicyclic) bond motifs is 1. The van der Waals surface area contributed by atoms with Crippen LogP contribution in [0.15, 0.2) is 42.5 Å². The number of hydrogen-bond acceptors (Lipinski definition) is 5. The molecule has 3 aromatic rings. The first-order chi connectivity index (χ1) is 14.6. The number of benzene rings is 2. The lowest BCUT2D eigenvalue weighted by atomic mass is 9.97. The number of rotatable bonds is 6. The number of methoxy groups -OCH3 is 2. The Labute approximate surface area is 178 Å². The van der Waals surface area contributed by atoms with Crippen molar-refractivity contribution in [3.05, 3.63) is 53.6 Å². The van der Waals surface area contributed by atoms with Crippen LogP contribution in [0.3, 0.4) is 0 Å². The second-order valence-corrected chi connectivity index (χ2v) is 8.19. The second kappa shape index (κ2) is 9.02. The molecule has 5 nitrogen and oxygen atoms in total. The molecule has 0 aliphatic carbocycles. The van der Waals surface area contributed by atoms with Gasteiger partial charge in [0.05, 0.1) is 25.4 Å². The van der Waals surface area contributed by atoms with Crippen molar-refractivity contribution >= 4 is 10.9 Å². The first-order valence-electron chi connectivity index (χ1n) is 10.6. The van der Waals surface area contributed by atoms with Gasteiger partial charge in [0.2, 0.25) is 0 Å². The van der Waals surface area contributed by atoms with E-state index in [-0.39, 0.29) is 6.61 Å². The Morgan fingerprint density at radius 2 is 1.90 bits per heavy atom. The molecule has 4 rings (SSSR count). The van der Waals surface area contributed by atoms with Gasteiger partial charge in [-0.05, 0) is 73.7 Å². The average Bonchev–Trinajstić information content (AvgIpc) is 2.78. The highest BCUT2D eigenvalue weighted by atomic mass is 16.5. The van der Waals surface area contributed by atoms with Crippen LogP contribution in [0.4, 0.5) is 0 Å². The van der Waals surface area contributed by atoms with Crippen molar-refractivity contribution in [1.29, 1.82) is 0 Å². The largest absolute Gasteiger partial charge is 0.493 e. The summed E-state index contributed by atoms with van der Waals surface area (Å²) < 4.78 is 10.9. The van der Waals surface area contributed by atoms with Gasteiger partial charge in [0.25, 0.3) is 0 Å². The number of aliphatic hydroxyl groups is 1. The molecule has 2 heterocycles. The number of likely N-dealkylation sites (tertiary alicyclic amines) is 1. The van der Waals surface area contributed by atoms with Gasteiger partial charge in [0.1, 0.15) is 0 Å². The smallest absolute Gasteiger partial charge is 0.161 e. The van der Waals surface area contributed by atoms with Crippen LogP contribution in [-0.2, 0) is 6.54 Å². The number of piperidine rings is 1. The van der Waals surface area contributed by atoms with E-state index in [1.807, 2.05) is 18.2 Å². The zero-order chi connectivity index (χ0) is 21.1. The van der Waals surface area contributed by atoms with Crippen LogP contribution in [-0.4, -0.2) is 48.9 Å². The molecule has 0 amide bonds. The van der Waals surface area contributed by atoms with Gasteiger partial charge in [-0.3, -0.25) is 4.90 Å². The van der Waals surface area contributed by atoms with Crippen LogP contribution in [0, 0.1) is 12.8 Å². The molecule has 1 atom stereocenters. The molecule has 1 unspecified atom stereocenters. The molecule has 158 valence electrons. The van der Waals surface area contributed by atoms with Crippen molar-refractivity contribution in [2.24, 2.45) is 5.92 Å². The molecule has 1 fully saturated rings. The van der Waals surface area contributed by atoms with E-state index in [0.29, 0.717) is 17.4 Å². The number of nitrogens with zero attached hydrogens (tertiary/aromatic N) is 2. The maximum Gasteiger partial charge on any atom is 0.161 e. The fourth-order valence-electron chi connectivity index (χ4n) is 4.36. The van der Waals surface area contributed by atoms with Crippen molar-refractivity contribution in [3.8, 4) is 22.8 Å². The minimum atomic E-state index is 0.258. The zero-order valence-electron chi connectivity index (χ0n) is 18.0. The summed E-state index contributed by atoms with van der Waals surface area (Å²) in [5.74, 6) is 1.77. The molecular formula is C25H30N2O3. The summed E-state index contributed by atoms with van der Waals surface area (Å²) in [7, 11) is 3.30. The lowest BCUT2D eigenvalue weighted by Crippen LogP contribution is -2.36. The van der Waals surface area contributed by atoms with Gasteiger partial charge >= 0.3 is 0 Å². The van der Waals surface area contributed by atoms with E-state index in [0.717, 1.165) is 54.6 Å². The average molecular weight is 407 g/mol. The van der Waals surface area contributed by atoms with E-state index >= 15 is 0 Å². The number of ether oxygens (including phenoxy) is 2. The minimum Gasteiger partial charge on any atom is -0.493 e. The topological polar surface area (TPSA) is 54.8 Å². The Kier molecular flexibility index (Phi) is 6.21. The molecule has 1 saturated heterocycles. The molecule has 2 aromatic carbocycles. The van der Waals surface area contributed by atoms with E-state index in [1.165, 1.54) is 11.1 Å². The van der Waals surface area contributed by atoms with E-state index < -0.39 is 0 Å². The van der Waals surface area contributed by atoms with Crippen LogP contribution < -0.4 is 9.47 Å². The van der Waals surface area contributed by atoms with Crippen molar-refractivity contribution in [1.82, 2.24) is 9.88 Å². The summed E-state index contributed by atoms with van der Waals surface area (Å²) in [6.45, 7) is 5.14. The van der Waals surface area contributed by atoms with Crippen LogP contribution in [0.25, 0.3) is 22.2 Å². The summed E-state index contributed by atoms with van der Waals surface area (Å²) in [5, 5.41) is 10.8. The summed E-state index contributed by atoms with van der Waals surface area (Å²) in [6, 6.07) is 14.6. The highest BCUT2D eigenvalue weighted by molar-refractivity contribution is 5.84. The lowest BCUT2D eigenvalue weighted by Gasteiger charge is -2.32. The second-order valence-electron chi connectivity index (χ2n) is 8.19. The van der Waals surface area contributed by atoms with Gasteiger partial charge in [-0.2, -0.15) is 0 Å². The summed E-state index contributed by atoms with van der Waals surface area (Å²) in [5.41, 5.74) is 5.37. The Bertz CT molecular complexity index is 1030. The number of hydrogen-bond donors (Lipinski definition) is 1. The summed E-state index contributed by atoms with van der Waals surface area (Å²) >= 11 is 0. The maximum absolute atomic E-state index is 9.62. The molecule has 1 aliphatic rings. The van der Waals surface area contributed by atoms with Gasteiger partial charge in [0, 0.05) is 30.6 Å². The molecule has 1 N–H and O–H groups in total. The van der Waals surface area contributed by atoms with E-state index in [9.17, 15) is 5.11 Å². The van der Waals surface area contributed by atoms with Crippen molar-refractivity contribution < 1.29 is 14.6 Å². The Morgan fingerprint density at radius 1 is 1.07 bits per heavy atom. The predicted octanol–water partition coefficient (Wildman–Crippen LogP) is 4.43. The molecular weight excluding hydrogens is 376 g/mol. The summed E-state index contributed by atoms with van der Waals surface area (Å²) in [4.78, 5) is 7.51. The Hall–Kier alpha value is -2.63. The van der Waals surface area contributed by atoms with E-state index in [4.69, 9.17) is 14.5 Å². The third-order valence-corrected chi connectivity index (χ3v) is 5.96. The standard InChI is InChI=1S/C25H30N2O3/c1-17-6-7-19-12-21(15-27-10-4-5-18(14-27)16-28)25(26-22(19)11-17)20-8-9-23(29-2)24(13-20)30-3/h6-9,11-13,18,28H,4-5,10,14-16H2,1-3H3. The third kappa shape index (κ3) is 4.27. The molecule has 5 heteroatoms. The molecule has 30 heavy (non-hydrogen) atoms. The van der Waals surface area contributed by atoms with E-state index in [1.54, 1.807) is 14.2 Å². The predicted molar refractivity (Wildman–Crippen MR) is 120 cm³/mol.